The monoisotopic (exact) mass is 1110 g/mol. The molecule has 79 heavy (non-hydrogen) atoms. The number of ether oxygens (including phenoxy) is 15. The second-order valence-electron chi connectivity index (χ2n) is 27.7. The van der Waals surface area contributed by atoms with E-state index in [1.54, 1.807) is 0 Å². The summed E-state index contributed by atoms with van der Waals surface area (Å²) in [5, 5.41) is 23.1. The topological polar surface area (TPSA) is 222 Å². The van der Waals surface area contributed by atoms with E-state index in [9.17, 15) is 15.0 Å². The Kier molecular flexibility index (Phi) is 13.4. The maximum Gasteiger partial charge on any atom is 0.308 e. The predicted molar refractivity (Wildman–Crippen MR) is 276 cm³/mol. The molecule has 0 aromatic carbocycles. The Morgan fingerprint density at radius 3 is 2.10 bits per heavy atom. The second kappa shape index (κ2) is 19.7. The van der Waals surface area contributed by atoms with E-state index < -0.39 is 84.0 Å². The third kappa shape index (κ3) is 8.83. The first-order valence-electron chi connectivity index (χ1n) is 30.8. The third-order valence-electron chi connectivity index (χ3n) is 22.3. The summed E-state index contributed by atoms with van der Waals surface area (Å²) in [6.07, 6.45) is 0.600. The van der Waals surface area contributed by atoms with Crippen LogP contribution >= 0.6 is 0 Å². The van der Waals surface area contributed by atoms with Gasteiger partial charge in [-0.3, -0.25) is 4.79 Å². The lowest BCUT2D eigenvalue weighted by atomic mass is 9.78. The summed E-state index contributed by atoms with van der Waals surface area (Å²) < 4.78 is 104. The van der Waals surface area contributed by atoms with Crippen molar-refractivity contribution in [3.8, 4) is 0 Å². The lowest BCUT2D eigenvalue weighted by Gasteiger charge is -2.54. The molecule has 32 unspecified atom stereocenters. The minimum Gasteiger partial charge on any atom is -0.459 e. The van der Waals surface area contributed by atoms with E-state index in [0.29, 0.717) is 90.0 Å². The highest BCUT2D eigenvalue weighted by Crippen LogP contribution is 2.60. The minimum absolute atomic E-state index is 0.0227. The van der Waals surface area contributed by atoms with Gasteiger partial charge in [-0.25, -0.2) is 0 Å². The number of carbonyl (C=O) groups excluding carboxylic acids is 1. The molecule has 12 bridgehead atoms. The average molecular weight is 1110 g/mol. The second-order valence-corrected chi connectivity index (χ2v) is 27.7. The van der Waals surface area contributed by atoms with Crippen LogP contribution in [0.4, 0.5) is 0 Å². The van der Waals surface area contributed by atoms with Gasteiger partial charge < -0.3 is 87.0 Å². The molecule has 0 saturated carbocycles. The van der Waals surface area contributed by atoms with E-state index in [1.807, 2.05) is 6.92 Å². The Morgan fingerprint density at radius 2 is 1.27 bits per heavy atom. The molecule has 16 saturated heterocycles. The van der Waals surface area contributed by atoms with E-state index in [4.69, 9.17) is 76.8 Å². The zero-order valence-electron chi connectivity index (χ0n) is 46.8. The van der Waals surface area contributed by atoms with Crippen LogP contribution in [0.2, 0.25) is 0 Å². The maximum atomic E-state index is 14.6. The van der Waals surface area contributed by atoms with Crippen LogP contribution < -0.4 is 5.73 Å². The van der Waals surface area contributed by atoms with Crippen LogP contribution in [0.1, 0.15) is 144 Å². The molecule has 16 rings (SSSR count). The van der Waals surface area contributed by atoms with Crippen molar-refractivity contribution in [1.82, 2.24) is 0 Å². The third-order valence-corrected chi connectivity index (χ3v) is 22.3. The quantitative estimate of drug-likeness (QED) is 0.247. The molecule has 3 spiro atoms. The molecule has 4 N–H and O–H groups in total. The van der Waals surface area contributed by atoms with Crippen LogP contribution in [0.5, 0.6) is 0 Å². The fraction of sp³-hybridized carbons (Fsp3) is 0.917. The van der Waals surface area contributed by atoms with Gasteiger partial charge in [0.15, 0.2) is 17.4 Å². The van der Waals surface area contributed by atoms with E-state index >= 15 is 0 Å². The van der Waals surface area contributed by atoms with Crippen molar-refractivity contribution in [2.75, 3.05) is 6.54 Å². The molecular formula is C60H87NO18. The van der Waals surface area contributed by atoms with Crippen molar-refractivity contribution in [1.29, 1.82) is 0 Å². The number of nitrogens with two attached hydrogens (primary N) is 1. The molecule has 0 aromatic rings. The molecule has 16 heterocycles. The van der Waals surface area contributed by atoms with E-state index in [2.05, 4.69) is 40.9 Å². The average Bonchev–Trinajstić information content (AvgIpc) is 3.27. The number of aliphatic hydroxyl groups is 2. The van der Waals surface area contributed by atoms with Gasteiger partial charge in [-0.2, -0.15) is 0 Å². The molecule has 16 fully saturated rings. The van der Waals surface area contributed by atoms with E-state index in [-0.39, 0.29) is 122 Å². The summed E-state index contributed by atoms with van der Waals surface area (Å²) in [4.78, 5) is 14.6. The number of esters is 1. The summed E-state index contributed by atoms with van der Waals surface area (Å²) in [5.74, 6) is -3.22. The predicted octanol–water partition coefficient (Wildman–Crippen LogP) is 4.89. The normalized spacial score (nSPS) is 59.4. The summed E-state index contributed by atoms with van der Waals surface area (Å²) in [6.45, 7) is 20.2. The van der Waals surface area contributed by atoms with Crippen molar-refractivity contribution in [3.63, 3.8) is 0 Å². The largest absolute Gasteiger partial charge is 0.459 e. The van der Waals surface area contributed by atoms with Crippen LogP contribution in [-0.2, 0) is 75.8 Å². The fourth-order valence-electron chi connectivity index (χ4n) is 18.4. The maximum absolute atomic E-state index is 14.6. The van der Waals surface area contributed by atoms with E-state index in [1.165, 1.54) is 0 Å². The van der Waals surface area contributed by atoms with Gasteiger partial charge in [0.2, 0.25) is 0 Å². The Morgan fingerprint density at radius 1 is 0.557 bits per heavy atom. The first-order chi connectivity index (χ1) is 37.9. The zero-order chi connectivity index (χ0) is 54.2. The molecular weight excluding hydrogens is 1020 g/mol. The van der Waals surface area contributed by atoms with Gasteiger partial charge >= 0.3 is 5.97 Å². The van der Waals surface area contributed by atoms with E-state index in [0.717, 1.165) is 30.4 Å². The van der Waals surface area contributed by atoms with Gasteiger partial charge in [-0.05, 0) is 93.7 Å². The molecule has 0 radical (unpaired) electrons. The smallest absolute Gasteiger partial charge is 0.308 e. The van der Waals surface area contributed by atoms with Crippen molar-refractivity contribution < 1.29 is 86.1 Å². The fourth-order valence-corrected chi connectivity index (χ4v) is 18.4. The molecule has 0 amide bonds. The summed E-state index contributed by atoms with van der Waals surface area (Å²) in [7, 11) is 0. The van der Waals surface area contributed by atoms with Gasteiger partial charge in [-0.15, -0.1) is 0 Å². The number of rotatable bonds is 2. The number of carbonyl (C=O) groups is 1. The van der Waals surface area contributed by atoms with Gasteiger partial charge in [0.25, 0.3) is 0 Å². The minimum atomic E-state index is -1.35. The number of aliphatic hydroxyl groups excluding tert-OH is 2. The summed E-state index contributed by atoms with van der Waals surface area (Å²) in [5.41, 5.74) is 6.92. The summed E-state index contributed by atoms with van der Waals surface area (Å²) in [6, 6.07) is 0. The summed E-state index contributed by atoms with van der Waals surface area (Å²) >= 11 is 0. The molecule has 16 aliphatic heterocycles. The molecule has 16 aliphatic rings. The highest BCUT2D eigenvalue weighted by Gasteiger charge is 2.77. The number of fused-ring (bicyclic) bond motifs is 10. The van der Waals surface area contributed by atoms with Gasteiger partial charge in [0.1, 0.15) is 48.3 Å². The molecule has 19 heteroatoms. The molecule has 19 nitrogen and oxygen atoms in total. The highest BCUT2D eigenvalue weighted by atomic mass is 16.8. The van der Waals surface area contributed by atoms with Crippen molar-refractivity contribution >= 4 is 5.97 Å². The van der Waals surface area contributed by atoms with Gasteiger partial charge in [0, 0.05) is 57.3 Å². The lowest BCUT2D eigenvalue weighted by Crippen LogP contribution is -2.63. The highest BCUT2D eigenvalue weighted by molar-refractivity contribution is 5.70. The Balaban J connectivity index is 0.669. The number of hydrogen-bond acceptors (Lipinski definition) is 19. The van der Waals surface area contributed by atoms with Crippen LogP contribution in [0.15, 0.2) is 24.3 Å². The van der Waals surface area contributed by atoms with Crippen molar-refractivity contribution in [2.45, 2.75) is 313 Å². The van der Waals surface area contributed by atoms with Gasteiger partial charge in [-0.1, -0.05) is 40.9 Å². The SMILES string of the molecule is C=C1CC2CCC34OC5C6OC(CCC6OC6C5OC(C)(C6O3)C4O)CC(=O)OC3C(CC4OC(CCC1O2)CC(C)C4=C)OC1CC2OC4(CC2OC1C3C)CC1OC2(CC(C)C3OC(CCN)C(O)CC3O2)CC(C)C1O4. The standard InChI is InChI=1S/C60H87NO18/c1-26-16-32-8-10-36-27(2)17-34(65-36)12-14-60-56(64)57(7)55(79-60)54-53(76-57)52(78-60)51-38(70-54)11-9-33(67-51)18-46(63)72-50-31(6)49-42(68-41(50)20-39(66-32)30(26)5)21-40-44(71-49)24-59(73-40)25-45-48(77-59)29(4)23-58(75-45)22-28(3)47-43(74-58)19-35(62)37(69-47)13-15-61/h26,28-29,31-45,47-56,62,64H,2,5,8-25,61H2,1,3-4,6-7H3. The molecule has 0 aromatic heterocycles. The van der Waals surface area contributed by atoms with Gasteiger partial charge in [0.05, 0.1) is 110 Å². The van der Waals surface area contributed by atoms with Crippen LogP contribution in [0.25, 0.3) is 0 Å². The van der Waals surface area contributed by atoms with Crippen LogP contribution in [-0.4, -0.2) is 192 Å². The Hall–Kier alpha value is -1.73. The lowest BCUT2D eigenvalue weighted by molar-refractivity contribution is -0.371. The Labute approximate surface area is 464 Å². The van der Waals surface area contributed by atoms with Crippen LogP contribution in [0.3, 0.4) is 0 Å². The van der Waals surface area contributed by atoms with Crippen molar-refractivity contribution in [2.24, 2.45) is 29.4 Å². The van der Waals surface area contributed by atoms with Crippen molar-refractivity contribution in [3.05, 3.63) is 24.3 Å². The first-order valence-corrected chi connectivity index (χ1v) is 30.8. The number of hydrogen-bond donors (Lipinski definition) is 3. The molecule has 32 atom stereocenters. The first kappa shape index (κ1) is 54.0. The zero-order valence-corrected chi connectivity index (χ0v) is 46.8. The molecule has 0 aliphatic carbocycles. The molecule has 440 valence electrons. The Bertz CT molecular complexity index is 2380. The van der Waals surface area contributed by atoms with Crippen LogP contribution in [0, 0.1) is 23.7 Å².